The van der Waals surface area contributed by atoms with E-state index in [0.29, 0.717) is 17.2 Å². The summed E-state index contributed by atoms with van der Waals surface area (Å²) in [6, 6.07) is -0.828. The Morgan fingerprint density at radius 2 is 1.70 bits per heavy atom. The van der Waals surface area contributed by atoms with Gasteiger partial charge in [0.15, 0.2) is 0 Å². The van der Waals surface area contributed by atoms with Crippen LogP contribution in [0.1, 0.15) is 26.7 Å². The number of β-amino-alcohol motifs (C(OH)–C–C–N with tert-alkyl or cyclic N) is 1. The minimum Gasteiger partial charge on any atom is -0.457 e. The van der Waals surface area contributed by atoms with Crippen LogP contribution in [0.25, 0.3) is 0 Å². The summed E-state index contributed by atoms with van der Waals surface area (Å²) in [6.07, 6.45) is 1.99. The Labute approximate surface area is 260 Å². The predicted octanol–water partition coefficient (Wildman–Crippen LogP) is 2.07. The van der Waals surface area contributed by atoms with Crippen molar-refractivity contribution in [1.29, 1.82) is 0 Å². The molecule has 0 spiro atoms. The second-order valence-electron chi connectivity index (χ2n) is 11.1. The molecule has 7 atom stereocenters. The molecular weight excluding hydrogens is 592 g/mol. The highest BCUT2D eigenvalue weighted by atomic mass is 32.2. The molecule has 44 heavy (non-hydrogen) atoms. The lowest BCUT2D eigenvalue weighted by atomic mass is 9.79. The molecule has 0 radical (unpaired) electrons. The van der Waals surface area contributed by atoms with Crippen molar-refractivity contribution in [3.63, 3.8) is 0 Å². The second kappa shape index (κ2) is 14.4. The van der Waals surface area contributed by atoms with Gasteiger partial charge >= 0.3 is 18.2 Å². The fourth-order valence-electron chi connectivity index (χ4n) is 6.08. The number of hydrogen-bond donors (Lipinski definition) is 2. The number of carbonyl (C=O) groups excluding carboxylic acids is 4. The maximum atomic E-state index is 13.2. The van der Waals surface area contributed by atoms with Crippen molar-refractivity contribution in [3.8, 4) is 0 Å². The van der Waals surface area contributed by atoms with Crippen molar-refractivity contribution in [2.45, 2.75) is 56.2 Å². The number of ether oxygens (including phenoxy) is 3. The van der Waals surface area contributed by atoms with E-state index in [1.807, 2.05) is 6.92 Å². The van der Waals surface area contributed by atoms with Crippen molar-refractivity contribution in [1.82, 2.24) is 14.7 Å². The summed E-state index contributed by atoms with van der Waals surface area (Å²) in [6.45, 7) is 14.5. The third-order valence-electron chi connectivity index (χ3n) is 8.02. The van der Waals surface area contributed by atoms with Gasteiger partial charge in [0.2, 0.25) is 5.91 Å². The first-order valence-electron chi connectivity index (χ1n) is 14.5. The SMILES string of the molecule is C=CCOC(=O)C1=C(S[C@H]2C[C@@H](CC3=NCC(O)CN3C(=O)OCC=C)N(C(=O)OCC=C)C2)[C@H](C)[C@@H]2[C@@H]([C@@H](C)O)C(=O)N12. The molecule has 2 saturated heterocycles. The first kappa shape index (κ1) is 33.3. The van der Waals surface area contributed by atoms with Crippen molar-refractivity contribution in [2.75, 3.05) is 39.5 Å². The number of hydrogen-bond acceptors (Lipinski definition) is 11. The Morgan fingerprint density at radius 1 is 1.07 bits per heavy atom. The number of aliphatic hydroxyl groups is 2. The van der Waals surface area contributed by atoms with E-state index in [0.717, 1.165) is 0 Å². The van der Waals surface area contributed by atoms with E-state index in [-0.39, 0.29) is 74.7 Å². The molecule has 3 amide bonds. The average molecular weight is 633 g/mol. The predicted molar refractivity (Wildman–Crippen MR) is 162 cm³/mol. The van der Waals surface area contributed by atoms with E-state index in [1.54, 1.807) is 11.8 Å². The zero-order chi connectivity index (χ0) is 32.1. The van der Waals surface area contributed by atoms with Crippen molar-refractivity contribution in [2.24, 2.45) is 16.8 Å². The smallest absolute Gasteiger partial charge is 0.415 e. The van der Waals surface area contributed by atoms with Crippen LogP contribution in [-0.2, 0) is 23.8 Å². The third kappa shape index (κ3) is 6.71. The van der Waals surface area contributed by atoms with Gasteiger partial charge in [-0.2, -0.15) is 0 Å². The minimum absolute atomic E-state index is 0.00308. The normalized spacial score (nSPS) is 28.5. The molecule has 0 aliphatic carbocycles. The van der Waals surface area contributed by atoms with Gasteiger partial charge in [0.05, 0.1) is 37.3 Å². The quantitative estimate of drug-likeness (QED) is 0.141. The molecule has 0 saturated carbocycles. The zero-order valence-corrected chi connectivity index (χ0v) is 25.8. The van der Waals surface area contributed by atoms with E-state index in [4.69, 9.17) is 14.2 Å². The topological polar surface area (TPSA) is 159 Å². The molecule has 4 aliphatic heterocycles. The van der Waals surface area contributed by atoms with Crippen LogP contribution in [-0.4, -0.2) is 124 Å². The number of aliphatic imine (C=N–C) groups is 1. The number of aliphatic hydroxyl groups excluding tert-OH is 2. The first-order chi connectivity index (χ1) is 21.0. The van der Waals surface area contributed by atoms with Crippen molar-refractivity contribution >= 4 is 41.7 Å². The molecule has 2 fully saturated rings. The van der Waals surface area contributed by atoms with Crippen LogP contribution in [0.3, 0.4) is 0 Å². The largest absolute Gasteiger partial charge is 0.457 e. The molecule has 4 heterocycles. The molecule has 14 heteroatoms. The number of carbonyl (C=O) groups is 4. The molecule has 4 rings (SSSR count). The summed E-state index contributed by atoms with van der Waals surface area (Å²) in [5, 5.41) is 20.2. The highest BCUT2D eigenvalue weighted by molar-refractivity contribution is 8.03. The summed E-state index contributed by atoms with van der Waals surface area (Å²) in [4.78, 5) is 61.5. The maximum absolute atomic E-state index is 13.2. The van der Waals surface area contributed by atoms with Crippen LogP contribution in [0.2, 0.25) is 0 Å². The minimum atomic E-state index is -0.886. The van der Waals surface area contributed by atoms with E-state index >= 15 is 0 Å². The summed E-state index contributed by atoms with van der Waals surface area (Å²) >= 11 is 1.40. The zero-order valence-electron chi connectivity index (χ0n) is 25.0. The molecule has 240 valence electrons. The fourth-order valence-corrected chi connectivity index (χ4v) is 7.64. The Bertz CT molecular complexity index is 1250. The molecule has 0 aromatic carbocycles. The number of fused-ring (bicyclic) bond motifs is 1. The van der Waals surface area contributed by atoms with Gasteiger partial charge in [-0.25, -0.2) is 14.4 Å². The Hall–Kier alpha value is -3.62. The molecule has 0 aromatic rings. The monoisotopic (exact) mass is 632 g/mol. The van der Waals surface area contributed by atoms with Gasteiger partial charge < -0.3 is 34.2 Å². The molecule has 13 nitrogen and oxygen atoms in total. The van der Waals surface area contributed by atoms with Gasteiger partial charge in [0, 0.05) is 35.1 Å². The Balaban J connectivity index is 1.60. The Kier molecular flexibility index (Phi) is 10.9. The third-order valence-corrected chi connectivity index (χ3v) is 9.51. The van der Waals surface area contributed by atoms with Crippen LogP contribution in [0.5, 0.6) is 0 Å². The summed E-state index contributed by atoms with van der Waals surface area (Å²) in [7, 11) is 0. The number of amides is 3. The van der Waals surface area contributed by atoms with Gasteiger partial charge in [-0.3, -0.25) is 14.7 Å². The number of likely N-dealkylation sites (tertiary alicyclic amines) is 1. The van der Waals surface area contributed by atoms with Gasteiger partial charge in [-0.15, -0.1) is 11.8 Å². The lowest BCUT2D eigenvalue weighted by Gasteiger charge is -2.46. The number of rotatable bonds is 12. The Morgan fingerprint density at radius 3 is 2.34 bits per heavy atom. The van der Waals surface area contributed by atoms with Gasteiger partial charge in [-0.1, -0.05) is 44.9 Å². The van der Waals surface area contributed by atoms with Crippen LogP contribution in [0.4, 0.5) is 9.59 Å². The van der Waals surface area contributed by atoms with Crippen molar-refractivity contribution in [3.05, 3.63) is 48.6 Å². The van der Waals surface area contributed by atoms with Crippen LogP contribution in [0, 0.1) is 11.8 Å². The number of thioether (sulfide) groups is 1. The molecule has 1 unspecified atom stereocenters. The highest BCUT2D eigenvalue weighted by Crippen LogP contribution is 2.52. The van der Waals surface area contributed by atoms with E-state index in [9.17, 15) is 29.4 Å². The fraction of sp³-hybridized carbons (Fsp3) is 0.567. The molecule has 4 aliphatic rings. The number of nitrogens with zero attached hydrogens (tertiary/aromatic N) is 4. The number of β-lactam (4-membered cyclic amide) rings is 1. The second-order valence-corrected chi connectivity index (χ2v) is 12.4. The summed E-state index contributed by atoms with van der Waals surface area (Å²) in [5.74, 6) is -1.52. The molecule has 0 aromatic heterocycles. The summed E-state index contributed by atoms with van der Waals surface area (Å²) < 4.78 is 15.9. The lowest BCUT2D eigenvalue weighted by molar-refractivity contribution is -0.164. The standard InChI is InChI=1S/C30H40N4O9S/c1-6-9-41-28(38)25-26(17(4)24-23(18(5)35)27(37)34(24)25)44-21-12-19(32(16-21)29(39)42-10-7-2)13-22-31-14-20(36)15-33(22)30(40)43-11-8-3/h6-8,17-21,23-24,35-36H,1-3,9-16H2,4-5H3/t17-,18-,19+,20?,21+,23-,24-/m1/s1. The van der Waals surface area contributed by atoms with Crippen molar-refractivity contribution < 1.29 is 43.6 Å². The number of amidine groups is 1. The summed E-state index contributed by atoms with van der Waals surface area (Å²) in [5.41, 5.74) is 0.155. The van der Waals surface area contributed by atoms with Crippen LogP contribution >= 0.6 is 11.8 Å². The molecule has 2 N–H and O–H groups in total. The van der Waals surface area contributed by atoms with E-state index in [1.165, 1.54) is 39.8 Å². The van der Waals surface area contributed by atoms with Gasteiger partial charge in [0.25, 0.3) is 0 Å². The van der Waals surface area contributed by atoms with E-state index < -0.39 is 42.3 Å². The first-order valence-corrected chi connectivity index (χ1v) is 15.4. The molecule has 0 bridgehead atoms. The van der Waals surface area contributed by atoms with Crippen LogP contribution in [0.15, 0.2) is 53.6 Å². The van der Waals surface area contributed by atoms with Crippen LogP contribution < -0.4 is 0 Å². The maximum Gasteiger partial charge on any atom is 0.415 e. The molecular formula is C30H40N4O9S. The number of esters is 1. The van der Waals surface area contributed by atoms with E-state index in [2.05, 4.69) is 24.7 Å². The van der Waals surface area contributed by atoms with Gasteiger partial charge in [-0.05, 0) is 13.3 Å². The lowest BCUT2D eigenvalue weighted by Crippen LogP contribution is -2.63. The van der Waals surface area contributed by atoms with Gasteiger partial charge in [0.1, 0.15) is 31.4 Å². The highest BCUT2D eigenvalue weighted by Gasteiger charge is 2.60. The average Bonchev–Trinajstić information content (AvgIpc) is 3.50.